The van der Waals surface area contributed by atoms with Gasteiger partial charge in [0.1, 0.15) is 0 Å². The van der Waals surface area contributed by atoms with Crippen LogP contribution in [0.15, 0.2) is 24.3 Å². The predicted octanol–water partition coefficient (Wildman–Crippen LogP) is 5.04. The average Bonchev–Trinajstić information content (AvgIpc) is 2.50. The minimum Gasteiger partial charge on any atom is -0.481 e. The van der Waals surface area contributed by atoms with Gasteiger partial charge in [0, 0.05) is 6.54 Å². The quantitative estimate of drug-likeness (QED) is 0.340. The van der Waals surface area contributed by atoms with Gasteiger partial charge in [-0.05, 0) is 64.5 Å². The number of unbranched alkanes of at least 4 members (excludes halogenated alkanes) is 4. The highest BCUT2D eigenvalue weighted by Gasteiger charge is 2.06. The molecule has 0 unspecified atom stereocenters. The number of carbonyl (C=O) groups is 1. The molecule has 128 valence electrons. The molecule has 1 N–H and O–H groups in total. The van der Waals surface area contributed by atoms with Crippen molar-refractivity contribution in [2.75, 3.05) is 19.6 Å². The van der Waals surface area contributed by atoms with Crippen LogP contribution in [0.4, 0.5) is 0 Å². The molecule has 0 aromatic heterocycles. The number of aliphatic carboxylic acids is 1. The van der Waals surface area contributed by atoms with Crippen LogP contribution in [0.25, 0.3) is 0 Å². The number of carboxylic acids is 1. The van der Waals surface area contributed by atoms with E-state index >= 15 is 0 Å². The highest BCUT2D eigenvalue weighted by molar-refractivity contribution is 5.66. The van der Waals surface area contributed by atoms with Crippen LogP contribution in [-0.2, 0) is 4.79 Å². The Bertz CT molecular complexity index is 289. The fraction of sp³-hybridized carbons (Fsp3) is 0.737. The molecule has 0 spiro atoms. The number of carboxylic acid groups (broad SMARTS) is 1. The molecule has 0 amide bonds. The fourth-order valence-corrected chi connectivity index (χ4v) is 2.35. The summed E-state index contributed by atoms with van der Waals surface area (Å²) in [4.78, 5) is 13.1. The van der Waals surface area contributed by atoms with E-state index in [2.05, 4.69) is 43.1 Å². The van der Waals surface area contributed by atoms with E-state index in [1.165, 1.54) is 12.8 Å². The Kier molecular flexibility index (Phi) is 15.5. The van der Waals surface area contributed by atoms with E-state index in [-0.39, 0.29) is 6.42 Å². The molecule has 3 nitrogen and oxygen atoms in total. The van der Waals surface area contributed by atoms with E-state index in [4.69, 9.17) is 5.11 Å². The molecule has 22 heavy (non-hydrogen) atoms. The first-order chi connectivity index (χ1) is 10.7. The normalized spacial score (nSPS) is 12.0. The maximum Gasteiger partial charge on any atom is 0.304 e. The number of allylic oxidation sites excluding steroid dienone is 4. The summed E-state index contributed by atoms with van der Waals surface area (Å²) in [7, 11) is 0. The van der Waals surface area contributed by atoms with Crippen LogP contribution in [-0.4, -0.2) is 35.6 Å². The molecular formula is C19H35NO2. The molecule has 0 fully saturated rings. The Morgan fingerprint density at radius 2 is 1.32 bits per heavy atom. The van der Waals surface area contributed by atoms with Gasteiger partial charge in [0.2, 0.25) is 0 Å². The Labute approximate surface area is 137 Å². The molecule has 0 aliphatic heterocycles. The van der Waals surface area contributed by atoms with Crippen LogP contribution in [0, 0.1) is 0 Å². The minimum absolute atomic E-state index is 0.255. The summed E-state index contributed by atoms with van der Waals surface area (Å²) < 4.78 is 0. The summed E-state index contributed by atoms with van der Waals surface area (Å²) in [6, 6.07) is 0. The van der Waals surface area contributed by atoms with Crippen molar-refractivity contribution in [3.05, 3.63) is 24.3 Å². The van der Waals surface area contributed by atoms with Crippen LogP contribution in [0.1, 0.15) is 71.6 Å². The Morgan fingerprint density at radius 3 is 1.73 bits per heavy atom. The van der Waals surface area contributed by atoms with Crippen molar-refractivity contribution in [3.63, 3.8) is 0 Å². The molecule has 0 radical (unpaired) electrons. The van der Waals surface area contributed by atoms with Gasteiger partial charge in [-0.15, -0.1) is 0 Å². The lowest BCUT2D eigenvalue weighted by atomic mass is 10.2. The van der Waals surface area contributed by atoms with Crippen molar-refractivity contribution in [3.8, 4) is 0 Å². The Morgan fingerprint density at radius 1 is 0.818 bits per heavy atom. The van der Waals surface area contributed by atoms with Gasteiger partial charge in [-0.25, -0.2) is 0 Å². The predicted molar refractivity (Wildman–Crippen MR) is 95.3 cm³/mol. The first kappa shape index (κ1) is 20.9. The zero-order valence-corrected chi connectivity index (χ0v) is 14.6. The number of hydrogen-bond acceptors (Lipinski definition) is 2. The van der Waals surface area contributed by atoms with Crippen molar-refractivity contribution >= 4 is 5.97 Å². The van der Waals surface area contributed by atoms with E-state index in [0.717, 1.165) is 51.6 Å². The summed E-state index contributed by atoms with van der Waals surface area (Å²) in [5.74, 6) is -0.693. The smallest absolute Gasteiger partial charge is 0.304 e. The summed E-state index contributed by atoms with van der Waals surface area (Å²) in [6.07, 6.45) is 18.4. The summed E-state index contributed by atoms with van der Waals surface area (Å²) in [6.45, 7) is 7.04. The van der Waals surface area contributed by atoms with Crippen molar-refractivity contribution in [2.24, 2.45) is 0 Å². The zero-order valence-electron chi connectivity index (χ0n) is 14.6. The molecule has 3 heteroatoms. The number of nitrogens with zero attached hydrogens (tertiary/aromatic N) is 1. The molecule has 0 bridgehead atoms. The average molecular weight is 309 g/mol. The molecular weight excluding hydrogens is 274 g/mol. The topological polar surface area (TPSA) is 40.5 Å². The largest absolute Gasteiger partial charge is 0.481 e. The van der Waals surface area contributed by atoms with E-state index in [1.54, 1.807) is 0 Å². The number of hydrogen-bond donors (Lipinski definition) is 1. The molecule has 0 aromatic carbocycles. The van der Waals surface area contributed by atoms with Crippen molar-refractivity contribution in [1.82, 2.24) is 4.90 Å². The summed E-state index contributed by atoms with van der Waals surface area (Å²) in [5.41, 5.74) is 0. The van der Waals surface area contributed by atoms with Crippen LogP contribution in [0.5, 0.6) is 0 Å². The first-order valence-corrected chi connectivity index (χ1v) is 8.94. The highest BCUT2D eigenvalue weighted by Crippen LogP contribution is 2.05. The second kappa shape index (κ2) is 16.3. The van der Waals surface area contributed by atoms with Crippen LogP contribution in [0.2, 0.25) is 0 Å². The maximum absolute atomic E-state index is 10.8. The standard InChI is InChI=1S/C19H35NO2/c1-3-5-7-9-11-13-16-20(18-15-19(21)22)17-14-12-10-8-6-4-2/h5-8H,3-4,9-18H2,1-2H3,(H,21,22)/b7-5+,8-6+. The Hall–Kier alpha value is -1.09. The second-order valence-corrected chi connectivity index (χ2v) is 5.74. The summed E-state index contributed by atoms with van der Waals surface area (Å²) >= 11 is 0. The van der Waals surface area contributed by atoms with Crippen molar-refractivity contribution in [2.45, 2.75) is 71.6 Å². The van der Waals surface area contributed by atoms with Crippen molar-refractivity contribution < 1.29 is 9.90 Å². The van der Waals surface area contributed by atoms with Gasteiger partial charge in [0.05, 0.1) is 6.42 Å². The van der Waals surface area contributed by atoms with Crippen molar-refractivity contribution in [1.29, 1.82) is 0 Å². The molecule has 0 aromatic rings. The van der Waals surface area contributed by atoms with E-state index in [9.17, 15) is 4.79 Å². The fourth-order valence-electron chi connectivity index (χ4n) is 2.35. The van der Waals surface area contributed by atoms with Gasteiger partial charge < -0.3 is 10.0 Å². The van der Waals surface area contributed by atoms with Gasteiger partial charge in [-0.1, -0.05) is 38.2 Å². The molecule has 0 heterocycles. The third-order valence-corrected chi connectivity index (χ3v) is 3.64. The molecule has 0 saturated heterocycles. The maximum atomic E-state index is 10.8. The third kappa shape index (κ3) is 15.3. The van der Waals surface area contributed by atoms with Gasteiger partial charge >= 0.3 is 5.97 Å². The molecule has 0 rings (SSSR count). The van der Waals surface area contributed by atoms with E-state index in [0.29, 0.717) is 6.54 Å². The van der Waals surface area contributed by atoms with Crippen LogP contribution < -0.4 is 0 Å². The minimum atomic E-state index is -0.693. The highest BCUT2D eigenvalue weighted by atomic mass is 16.4. The SMILES string of the molecule is CC/C=C/CCCCN(CCCC/C=C/CC)CCC(=O)O. The second-order valence-electron chi connectivity index (χ2n) is 5.74. The van der Waals surface area contributed by atoms with E-state index in [1.807, 2.05) is 0 Å². The van der Waals surface area contributed by atoms with Gasteiger partial charge in [0.25, 0.3) is 0 Å². The molecule has 0 saturated carbocycles. The lowest BCUT2D eigenvalue weighted by molar-refractivity contribution is -0.137. The molecule has 0 aliphatic rings. The van der Waals surface area contributed by atoms with Gasteiger partial charge in [-0.3, -0.25) is 4.79 Å². The van der Waals surface area contributed by atoms with Gasteiger partial charge in [-0.2, -0.15) is 0 Å². The molecule has 0 atom stereocenters. The van der Waals surface area contributed by atoms with Gasteiger partial charge in [0.15, 0.2) is 0 Å². The monoisotopic (exact) mass is 309 g/mol. The number of rotatable bonds is 15. The lowest BCUT2D eigenvalue weighted by Gasteiger charge is -2.21. The van der Waals surface area contributed by atoms with Crippen LogP contribution >= 0.6 is 0 Å². The summed E-state index contributed by atoms with van der Waals surface area (Å²) in [5, 5.41) is 8.85. The molecule has 0 aliphatic carbocycles. The zero-order chi connectivity index (χ0) is 16.5. The third-order valence-electron chi connectivity index (χ3n) is 3.64. The van der Waals surface area contributed by atoms with E-state index < -0.39 is 5.97 Å². The Balaban J connectivity index is 3.85. The first-order valence-electron chi connectivity index (χ1n) is 8.94. The van der Waals surface area contributed by atoms with Crippen LogP contribution in [0.3, 0.4) is 0 Å². The lowest BCUT2D eigenvalue weighted by Crippen LogP contribution is -2.28.